The second-order valence-electron chi connectivity index (χ2n) is 5.86. The zero-order valence-electron chi connectivity index (χ0n) is 14.9. The SMILES string of the molecule is C=Cc1cc(-c2noc(C(C)NC(=O)c3cc(C(F)(F)F)nn3C)n2)ccn1. The van der Waals surface area contributed by atoms with Crippen LogP contribution in [0.2, 0.25) is 0 Å². The number of aromatic nitrogens is 5. The monoisotopic (exact) mass is 392 g/mol. The van der Waals surface area contributed by atoms with Crippen molar-refractivity contribution in [1.29, 1.82) is 0 Å². The lowest BCUT2D eigenvalue weighted by Crippen LogP contribution is -2.28. The highest BCUT2D eigenvalue weighted by Crippen LogP contribution is 2.28. The first kappa shape index (κ1) is 19.3. The smallest absolute Gasteiger partial charge is 0.339 e. The number of aryl methyl sites for hydroxylation is 1. The highest BCUT2D eigenvalue weighted by molar-refractivity contribution is 5.92. The van der Waals surface area contributed by atoms with Gasteiger partial charge < -0.3 is 9.84 Å². The average Bonchev–Trinajstić information content (AvgIpc) is 3.28. The van der Waals surface area contributed by atoms with Crippen molar-refractivity contribution in [2.75, 3.05) is 0 Å². The van der Waals surface area contributed by atoms with E-state index in [0.717, 1.165) is 4.68 Å². The summed E-state index contributed by atoms with van der Waals surface area (Å²) in [7, 11) is 1.25. The minimum absolute atomic E-state index is 0.0959. The highest BCUT2D eigenvalue weighted by atomic mass is 19.4. The molecule has 1 N–H and O–H groups in total. The molecule has 0 bridgehead atoms. The zero-order chi connectivity index (χ0) is 20.5. The number of nitrogens with one attached hydrogen (secondary N) is 1. The number of amides is 1. The Balaban J connectivity index is 1.76. The molecule has 3 heterocycles. The van der Waals surface area contributed by atoms with E-state index in [1.807, 2.05) is 0 Å². The number of halogens is 3. The Morgan fingerprint density at radius 2 is 2.14 bits per heavy atom. The van der Waals surface area contributed by atoms with E-state index in [4.69, 9.17) is 4.52 Å². The van der Waals surface area contributed by atoms with Gasteiger partial charge in [-0.25, -0.2) is 0 Å². The van der Waals surface area contributed by atoms with Gasteiger partial charge in [0.15, 0.2) is 5.69 Å². The van der Waals surface area contributed by atoms with Gasteiger partial charge in [-0.1, -0.05) is 11.7 Å². The standard InChI is InChI=1S/C17H15F3N6O2/c1-4-11-7-10(5-6-21-11)14-23-16(28-25-14)9(2)22-15(27)12-8-13(17(18,19)20)24-26(12)3/h4-9H,1H2,2-3H3,(H,22,27). The molecule has 0 fully saturated rings. The third kappa shape index (κ3) is 3.92. The summed E-state index contributed by atoms with van der Waals surface area (Å²) >= 11 is 0. The summed E-state index contributed by atoms with van der Waals surface area (Å²) in [4.78, 5) is 20.6. The maximum absolute atomic E-state index is 12.7. The summed E-state index contributed by atoms with van der Waals surface area (Å²) in [5.41, 5.74) is -0.131. The van der Waals surface area contributed by atoms with E-state index in [9.17, 15) is 18.0 Å². The molecule has 3 aromatic heterocycles. The van der Waals surface area contributed by atoms with Crippen molar-refractivity contribution in [1.82, 2.24) is 30.2 Å². The van der Waals surface area contributed by atoms with Gasteiger partial charge in [0.25, 0.3) is 5.91 Å². The molecule has 0 radical (unpaired) electrons. The lowest BCUT2D eigenvalue weighted by atomic mass is 10.2. The summed E-state index contributed by atoms with van der Waals surface area (Å²) in [5, 5.41) is 9.67. The molecule has 1 amide bonds. The van der Waals surface area contributed by atoms with Gasteiger partial charge in [-0.3, -0.25) is 14.5 Å². The molecular formula is C17H15F3N6O2. The van der Waals surface area contributed by atoms with Crippen molar-refractivity contribution in [3.05, 3.63) is 53.9 Å². The third-order valence-electron chi connectivity index (χ3n) is 3.81. The Hall–Kier alpha value is -3.50. The molecule has 0 aromatic carbocycles. The van der Waals surface area contributed by atoms with Gasteiger partial charge in [0.05, 0.1) is 5.69 Å². The van der Waals surface area contributed by atoms with E-state index in [1.54, 1.807) is 31.3 Å². The first-order chi connectivity index (χ1) is 13.2. The topological polar surface area (TPSA) is 98.7 Å². The van der Waals surface area contributed by atoms with Crippen LogP contribution in [-0.2, 0) is 13.2 Å². The van der Waals surface area contributed by atoms with Gasteiger partial charge in [0.2, 0.25) is 11.7 Å². The summed E-state index contributed by atoms with van der Waals surface area (Å²) in [6.07, 6.45) is -1.51. The fraction of sp³-hybridized carbons (Fsp3) is 0.235. The van der Waals surface area contributed by atoms with E-state index >= 15 is 0 Å². The van der Waals surface area contributed by atoms with Crippen LogP contribution in [0, 0.1) is 0 Å². The zero-order valence-corrected chi connectivity index (χ0v) is 14.9. The van der Waals surface area contributed by atoms with Gasteiger partial charge in [0.1, 0.15) is 11.7 Å². The molecule has 3 aromatic rings. The van der Waals surface area contributed by atoms with Gasteiger partial charge in [0, 0.05) is 24.9 Å². The fourth-order valence-corrected chi connectivity index (χ4v) is 2.38. The predicted octanol–water partition coefficient (Wildman–Crippen LogP) is 3.02. The number of hydrogen-bond acceptors (Lipinski definition) is 6. The number of alkyl halides is 3. The van der Waals surface area contributed by atoms with Crippen LogP contribution >= 0.6 is 0 Å². The molecule has 11 heteroatoms. The number of hydrogen-bond donors (Lipinski definition) is 1. The number of carbonyl (C=O) groups excluding carboxylic acids is 1. The Morgan fingerprint density at radius 1 is 1.39 bits per heavy atom. The van der Waals surface area contributed by atoms with Gasteiger partial charge in [-0.05, 0) is 25.1 Å². The molecule has 0 aliphatic rings. The molecule has 1 atom stereocenters. The summed E-state index contributed by atoms with van der Waals surface area (Å²) < 4.78 is 44.2. The largest absolute Gasteiger partial charge is 0.435 e. The van der Waals surface area contributed by atoms with E-state index in [2.05, 4.69) is 32.1 Å². The van der Waals surface area contributed by atoms with Gasteiger partial charge in [-0.2, -0.15) is 23.3 Å². The fourth-order valence-electron chi connectivity index (χ4n) is 2.38. The minimum atomic E-state index is -4.64. The lowest BCUT2D eigenvalue weighted by Gasteiger charge is -2.09. The molecule has 8 nitrogen and oxygen atoms in total. The van der Waals surface area contributed by atoms with Crippen LogP contribution in [0.1, 0.15) is 40.7 Å². The van der Waals surface area contributed by atoms with Crippen LogP contribution in [-0.4, -0.2) is 30.8 Å². The van der Waals surface area contributed by atoms with Crippen molar-refractivity contribution < 1.29 is 22.5 Å². The van der Waals surface area contributed by atoms with Crippen molar-refractivity contribution in [3.8, 4) is 11.4 Å². The first-order valence-corrected chi connectivity index (χ1v) is 8.03. The van der Waals surface area contributed by atoms with Crippen LogP contribution in [0.15, 0.2) is 35.5 Å². The van der Waals surface area contributed by atoms with Gasteiger partial charge >= 0.3 is 6.18 Å². The number of pyridine rings is 1. The number of carbonyl (C=O) groups is 1. The third-order valence-corrected chi connectivity index (χ3v) is 3.81. The molecular weight excluding hydrogens is 377 g/mol. The van der Waals surface area contributed by atoms with E-state index < -0.39 is 23.8 Å². The second kappa shape index (κ2) is 7.25. The maximum atomic E-state index is 12.7. The quantitative estimate of drug-likeness (QED) is 0.717. The Bertz CT molecular complexity index is 1020. The van der Waals surface area contributed by atoms with Crippen molar-refractivity contribution in [2.45, 2.75) is 19.1 Å². The molecule has 146 valence electrons. The number of nitrogens with zero attached hydrogens (tertiary/aromatic N) is 5. The van der Waals surface area contributed by atoms with Crippen LogP contribution in [0.4, 0.5) is 13.2 Å². The van der Waals surface area contributed by atoms with E-state index in [-0.39, 0.29) is 17.4 Å². The predicted molar refractivity (Wildman–Crippen MR) is 91.7 cm³/mol. The summed E-state index contributed by atoms with van der Waals surface area (Å²) in [6, 6.07) is 3.33. The van der Waals surface area contributed by atoms with Gasteiger partial charge in [-0.15, -0.1) is 0 Å². The van der Waals surface area contributed by atoms with Crippen LogP contribution < -0.4 is 5.32 Å². The number of rotatable bonds is 5. The molecule has 0 spiro atoms. The lowest BCUT2D eigenvalue weighted by molar-refractivity contribution is -0.141. The van der Waals surface area contributed by atoms with Crippen molar-refractivity contribution in [2.24, 2.45) is 7.05 Å². The Labute approximate surface area is 157 Å². The van der Waals surface area contributed by atoms with Crippen molar-refractivity contribution >= 4 is 12.0 Å². The first-order valence-electron chi connectivity index (χ1n) is 8.03. The van der Waals surface area contributed by atoms with E-state index in [1.165, 1.54) is 7.05 Å². The van der Waals surface area contributed by atoms with Crippen LogP contribution in [0.5, 0.6) is 0 Å². The molecule has 1 unspecified atom stereocenters. The highest BCUT2D eigenvalue weighted by Gasteiger charge is 2.35. The second-order valence-corrected chi connectivity index (χ2v) is 5.86. The maximum Gasteiger partial charge on any atom is 0.435 e. The molecule has 3 rings (SSSR count). The molecule has 0 aliphatic carbocycles. The summed E-state index contributed by atoms with van der Waals surface area (Å²) in [6.45, 7) is 5.20. The average molecular weight is 392 g/mol. The molecule has 0 saturated heterocycles. The molecule has 28 heavy (non-hydrogen) atoms. The minimum Gasteiger partial charge on any atom is -0.339 e. The van der Waals surface area contributed by atoms with E-state index in [0.29, 0.717) is 17.3 Å². The Morgan fingerprint density at radius 3 is 2.79 bits per heavy atom. The Kier molecular flexibility index (Phi) is 4.99. The van der Waals surface area contributed by atoms with Crippen LogP contribution in [0.3, 0.4) is 0 Å². The molecule has 0 saturated carbocycles. The normalized spacial score (nSPS) is 12.6. The van der Waals surface area contributed by atoms with Crippen molar-refractivity contribution in [3.63, 3.8) is 0 Å². The summed E-state index contributed by atoms with van der Waals surface area (Å²) in [5.74, 6) is -0.379. The van der Waals surface area contributed by atoms with Crippen LogP contribution in [0.25, 0.3) is 17.5 Å². The molecule has 0 aliphatic heterocycles.